The summed E-state index contributed by atoms with van der Waals surface area (Å²) in [6, 6.07) is 12.2. The van der Waals surface area contributed by atoms with Crippen LogP contribution in [0.2, 0.25) is 0 Å². The molecule has 0 saturated carbocycles. The molecule has 0 bridgehead atoms. The Balaban J connectivity index is 1.27. The van der Waals surface area contributed by atoms with Crippen molar-refractivity contribution in [3.05, 3.63) is 101 Å². The van der Waals surface area contributed by atoms with Crippen molar-refractivity contribution >= 4 is 23.1 Å². The van der Waals surface area contributed by atoms with Crippen LogP contribution in [0.1, 0.15) is 51.3 Å². The molecule has 2 N–H and O–H groups in total. The molecule has 1 saturated heterocycles. The van der Waals surface area contributed by atoms with Gasteiger partial charge in [-0.1, -0.05) is 12.0 Å². The summed E-state index contributed by atoms with van der Waals surface area (Å²) in [4.78, 5) is 23.9. The van der Waals surface area contributed by atoms with Gasteiger partial charge < -0.3 is 19.9 Å². The molecular formula is C32H28F3N7O2. The van der Waals surface area contributed by atoms with E-state index in [1.54, 1.807) is 49.0 Å². The molecule has 1 aliphatic rings. The Morgan fingerprint density at radius 3 is 2.57 bits per heavy atom. The van der Waals surface area contributed by atoms with Gasteiger partial charge in [-0.05, 0) is 80.6 Å². The van der Waals surface area contributed by atoms with Crippen molar-refractivity contribution in [1.82, 2.24) is 24.1 Å². The summed E-state index contributed by atoms with van der Waals surface area (Å²) in [5.41, 5.74) is 2.58. The zero-order chi connectivity index (χ0) is 31.0. The van der Waals surface area contributed by atoms with Gasteiger partial charge in [0.15, 0.2) is 5.65 Å². The molecular weight excluding hydrogens is 571 g/mol. The Kier molecular flexibility index (Phi) is 7.57. The van der Waals surface area contributed by atoms with Gasteiger partial charge in [-0.25, -0.2) is 14.5 Å². The number of aliphatic hydroxyl groups excluding tert-OH is 1. The normalized spacial score (nSPS) is 14.0. The van der Waals surface area contributed by atoms with Gasteiger partial charge in [0, 0.05) is 41.8 Å². The lowest BCUT2D eigenvalue weighted by atomic mass is 10.0. The predicted molar refractivity (Wildman–Crippen MR) is 159 cm³/mol. The van der Waals surface area contributed by atoms with E-state index in [9.17, 15) is 23.1 Å². The van der Waals surface area contributed by atoms with Crippen LogP contribution in [0.5, 0.6) is 0 Å². The maximum Gasteiger partial charge on any atom is 0.416 e. The number of rotatable bonds is 4. The van der Waals surface area contributed by atoms with Gasteiger partial charge in [0.05, 0.1) is 29.9 Å². The molecule has 6 rings (SSSR count). The summed E-state index contributed by atoms with van der Waals surface area (Å²) in [5, 5.41) is 17.2. The second kappa shape index (κ2) is 11.5. The number of carbonyl (C=O) groups excluding carboxylic acids is 1. The number of halogens is 3. The molecule has 1 aliphatic heterocycles. The third-order valence-electron chi connectivity index (χ3n) is 7.55. The number of amides is 1. The Morgan fingerprint density at radius 1 is 1.05 bits per heavy atom. The van der Waals surface area contributed by atoms with Crippen LogP contribution < -0.4 is 10.2 Å². The van der Waals surface area contributed by atoms with E-state index in [0.717, 1.165) is 18.0 Å². The molecule has 0 radical (unpaired) electrons. The van der Waals surface area contributed by atoms with E-state index in [0.29, 0.717) is 54.1 Å². The Labute approximate surface area is 251 Å². The third-order valence-corrected chi connectivity index (χ3v) is 7.55. The highest BCUT2D eigenvalue weighted by molar-refractivity contribution is 6.05. The summed E-state index contributed by atoms with van der Waals surface area (Å²) >= 11 is 0. The van der Waals surface area contributed by atoms with Crippen molar-refractivity contribution in [2.24, 2.45) is 0 Å². The Bertz CT molecular complexity index is 1930. The second-order valence-corrected chi connectivity index (χ2v) is 10.7. The lowest BCUT2D eigenvalue weighted by molar-refractivity contribution is -0.137. The first kappa shape index (κ1) is 28.9. The van der Waals surface area contributed by atoms with Crippen molar-refractivity contribution in [2.75, 3.05) is 23.3 Å². The molecule has 1 amide bonds. The lowest BCUT2D eigenvalue weighted by Crippen LogP contribution is -2.36. The summed E-state index contributed by atoms with van der Waals surface area (Å²) < 4.78 is 44.2. The van der Waals surface area contributed by atoms with E-state index in [1.807, 2.05) is 12.1 Å². The quantitative estimate of drug-likeness (QED) is 0.277. The van der Waals surface area contributed by atoms with Crippen LogP contribution >= 0.6 is 0 Å². The standard InChI is InChI=1S/C32H28F3N7O2/c1-20-18-41(19-37-20)26-15-23(32(33,34)35)14-24(16-26)38-31(44)28-5-3-4-22(21(28)2)6-7-25-17-36-29-8-9-30(39-42(25)29)40-12-10-27(43)11-13-40/h3-5,8-9,14-19,27,43H,10-13H2,1-2H3,(H,38,44). The fourth-order valence-electron chi connectivity index (χ4n) is 5.12. The van der Waals surface area contributed by atoms with Crippen molar-refractivity contribution in [1.29, 1.82) is 0 Å². The number of aliphatic hydroxyl groups is 1. The summed E-state index contributed by atoms with van der Waals surface area (Å²) in [6.45, 7) is 4.88. The molecule has 0 atom stereocenters. The third kappa shape index (κ3) is 6.00. The molecule has 0 spiro atoms. The van der Waals surface area contributed by atoms with Gasteiger partial charge in [0.25, 0.3) is 5.91 Å². The zero-order valence-corrected chi connectivity index (χ0v) is 23.9. The van der Waals surface area contributed by atoms with Crippen LogP contribution in [0.3, 0.4) is 0 Å². The van der Waals surface area contributed by atoms with E-state index in [-0.39, 0.29) is 23.0 Å². The number of anilines is 2. The highest BCUT2D eigenvalue weighted by Gasteiger charge is 2.31. The van der Waals surface area contributed by atoms with Gasteiger partial charge in [0.2, 0.25) is 0 Å². The average Bonchev–Trinajstić information content (AvgIpc) is 3.62. The SMILES string of the molecule is Cc1cn(-c2cc(NC(=O)c3cccc(C#Cc4cnc5ccc(N6CCC(O)CC6)nn45)c3C)cc(C(F)(F)F)c2)cn1. The number of hydrogen-bond donors (Lipinski definition) is 2. The Hall–Kier alpha value is -5.15. The molecule has 12 heteroatoms. The van der Waals surface area contributed by atoms with Crippen molar-refractivity contribution in [3.63, 3.8) is 0 Å². The number of carbonyl (C=O) groups is 1. The number of nitrogens with zero attached hydrogens (tertiary/aromatic N) is 6. The lowest BCUT2D eigenvalue weighted by Gasteiger charge is -2.30. The van der Waals surface area contributed by atoms with Gasteiger partial charge in [-0.2, -0.15) is 13.2 Å². The zero-order valence-electron chi connectivity index (χ0n) is 23.9. The van der Waals surface area contributed by atoms with Crippen LogP contribution in [0.4, 0.5) is 24.7 Å². The van der Waals surface area contributed by atoms with Crippen LogP contribution in [-0.2, 0) is 6.18 Å². The number of benzene rings is 2. The highest BCUT2D eigenvalue weighted by atomic mass is 19.4. The number of alkyl halides is 3. The first-order chi connectivity index (χ1) is 21.0. The Morgan fingerprint density at radius 2 is 1.84 bits per heavy atom. The summed E-state index contributed by atoms with van der Waals surface area (Å²) in [7, 11) is 0. The number of piperidine rings is 1. The molecule has 1 fully saturated rings. The molecule has 4 heterocycles. The minimum absolute atomic E-state index is 0.00196. The van der Waals surface area contributed by atoms with E-state index < -0.39 is 17.6 Å². The molecule has 3 aromatic heterocycles. The summed E-state index contributed by atoms with van der Waals surface area (Å²) in [5.74, 6) is 6.39. The minimum atomic E-state index is -4.61. The first-order valence-electron chi connectivity index (χ1n) is 14.0. The number of aromatic nitrogens is 5. The average molecular weight is 600 g/mol. The molecule has 2 aromatic carbocycles. The highest BCUT2D eigenvalue weighted by Crippen LogP contribution is 2.33. The van der Waals surface area contributed by atoms with Crippen LogP contribution in [0.25, 0.3) is 11.3 Å². The van der Waals surface area contributed by atoms with Gasteiger partial charge in [-0.15, -0.1) is 5.10 Å². The van der Waals surface area contributed by atoms with Crippen LogP contribution in [-0.4, -0.2) is 54.4 Å². The maximum absolute atomic E-state index is 13.7. The monoisotopic (exact) mass is 599 g/mol. The second-order valence-electron chi connectivity index (χ2n) is 10.7. The number of nitrogens with one attached hydrogen (secondary N) is 1. The van der Waals surface area contributed by atoms with Crippen LogP contribution in [0.15, 0.2) is 67.3 Å². The van der Waals surface area contributed by atoms with E-state index in [4.69, 9.17) is 5.10 Å². The van der Waals surface area contributed by atoms with Crippen molar-refractivity contribution in [2.45, 2.75) is 39.0 Å². The maximum atomic E-state index is 13.7. The molecule has 44 heavy (non-hydrogen) atoms. The minimum Gasteiger partial charge on any atom is -0.393 e. The van der Waals surface area contributed by atoms with Gasteiger partial charge in [0.1, 0.15) is 11.5 Å². The number of aryl methyl sites for hydroxylation is 1. The van der Waals surface area contributed by atoms with Gasteiger partial charge >= 0.3 is 6.18 Å². The first-order valence-corrected chi connectivity index (χ1v) is 14.0. The number of imidazole rings is 2. The number of fused-ring (bicyclic) bond motifs is 1. The molecule has 5 aromatic rings. The topological polar surface area (TPSA) is 101 Å². The smallest absolute Gasteiger partial charge is 0.393 e. The fraction of sp³-hybridized carbons (Fsp3) is 0.250. The number of hydrogen-bond acceptors (Lipinski definition) is 6. The predicted octanol–water partition coefficient (Wildman–Crippen LogP) is 5.16. The van der Waals surface area contributed by atoms with E-state index in [2.05, 4.69) is 32.0 Å². The summed E-state index contributed by atoms with van der Waals surface area (Å²) in [6.07, 6.45) is 1.10. The van der Waals surface area contributed by atoms with E-state index in [1.165, 1.54) is 17.0 Å². The van der Waals surface area contributed by atoms with Crippen molar-refractivity contribution in [3.8, 4) is 17.5 Å². The molecule has 9 nitrogen and oxygen atoms in total. The van der Waals surface area contributed by atoms with Crippen LogP contribution in [0, 0.1) is 25.7 Å². The molecule has 0 aliphatic carbocycles. The largest absolute Gasteiger partial charge is 0.416 e. The van der Waals surface area contributed by atoms with E-state index >= 15 is 0 Å². The van der Waals surface area contributed by atoms with Crippen molar-refractivity contribution < 1.29 is 23.1 Å². The fourth-order valence-corrected chi connectivity index (χ4v) is 5.12. The molecule has 224 valence electrons. The molecule has 0 unspecified atom stereocenters. The van der Waals surface area contributed by atoms with Gasteiger partial charge in [-0.3, -0.25) is 4.79 Å².